The first-order valence-corrected chi connectivity index (χ1v) is 6.90. The lowest BCUT2D eigenvalue weighted by molar-refractivity contribution is -0.121. The molecule has 0 rings (SSSR count). The van der Waals surface area contributed by atoms with Gasteiger partial charge in [0, 0.05) is 45.8 Å². The molecule has 0 saturated carbocycles. The number of hydrogen-bond acceptors (Lipinski definition) is 3. The van der Waals surface area contributed by atoms with Crippen LogP contribution in [0.4, 0.5) is 0 Å². The number of ether oxygens (including phenoxy) is 1. The van der Waals surface area contributed by atoms with Crippen molar-refractivity contribution in [3.8, 4) is 0 Å². The van der Waals surface area contributed by atoms with Gasteiger partial charge in [0.2, 0.25) is 5.91 Å². The number of nitrogens with one attached hydrogen (secondary N) is 3. The molecule has 7 heteroatoms. The van der Waals surface area contributed by atoms with E-state index in [4.69, 9.17) is 4.74 Å². The topological polar surface area (TPSA) is 74.8 Å². The first kappa shape index (κ1) is 21.7. The van der Waals surface area contributed by atoms with Crippen LogP contribution in [-0.4, -0.2) is 51.3 Å². The maximum absolute atomic E-state index is 11.5. The molecule has 0 aliphatic carbocycles. The molecule has 0 heterocycles. The zero-order chi connectivity index (χ0) is 14.5. The van der Waals surface area contributed by atoms with Crippen LogP contribution in [0.1, 0.15) is 33.6 Å². The average molecular weight is 400 g/mol. The van der Waals surface area contributed by atoms with Gasteiger partial charge in [-0.15, -0.1) is 24.0 Å². The number of aliphatic imine (C=N–C) groups is 1. The molecular formula is C13H29IN4O2. The molecule has 1 amide bonds. The second-order valence-corrected chi connectivity index (χ2v) is 4.51. The van der Waals surface area contributed by atoms with Gasteiger partial charge < -0.3 is 20.7 Å². The lowest BCUT2D eigenvalue weighted by Crippen LogP contribution is -2.40. The first-order chi connectivity index (χ1) is 9.10. The van der Waals surface area contributed by atoms with Gasteiger partial charge in [0.15, 0.2) is 5.96 Å². The molecule has 0 spiro atoms. The maximum Gasteiger partial charge on any atom is 0.221 e. The van der Waals surface area contributed by atoms with Gasteiger partial charge in [0.1, 0.15) is 0 Å². The highest BCUT2D eigenvalue weighted by molar-refractivity contribution is 14.0. The van der Waals surface area contributed by atoms with E-state index in [0.717, 1.165) is 18.9 Å². The summed E-state index contributed by atoms with van der Waals surface area (Å²) in [4.78, 5) is 15.9. The van der Waals surface area contributed by atoms with Crippen molar-refractivity contribution in [3.63, 3.8) is 0 Å². The van der Waals surface area contributed by atoms with Crippen molar-refractivity contribution in [2.45, 2.75) is 39.7 Å². The Morgan fingerprint density at radius 2 is 2.00 bits per heavy atom. The minimum Gasteiger partial charge on any atom is -0.385 e. The molecule has 0 aliphatic rings. The van der Waals surface area contributed by atoms with E-state index in [1.807, 2.05) is 20.8 Å². The predicted octanol–water partition coefficient (Wildman–Crippen LogP) is 1.11. The van der Waals surface area contributed by atoms with Gasteiger partial charge in [-0.25, -0.2) is 0 Å². The highest BCUT2D eigenvalue weighted by Crippen LogP contribution is 1.85. The Kier molecular flexibility index (Phi) is 16.1. The summed E-state index contributed by atoms with van der Waals surface area (Å²) in [6, 6.07) is 0.184. The fraction of sp³-hybridized carbons (Fsp3) is 0.846. The molecule has 0 unspecified atom stereocenters. The number of halogens is 1. The average Bonchev–Trinajstić information content (AvgIpc) is 2.33. The van der Waals surface area contributed by atoms with Crippen LogP contribution in [0, 0.1) is 0 Å². The summed E-state index contributed by atoms with van der Waals surface area (Å²) in [6.07, 6.45) is 1.33. The Balaban J connectivity index is 0. The summed E-state index contributed by atoms with van der Waals surface area (Å²) in [5.41, 5.74) is 0. The SMILES string of the molecule is CCNC(=NCCCOC)NCCC(=O)NC(C)C.I. The summed E-state index contributed by atoms with van der Waals surface area (Å²) in [5.74, 6) is 0.800. The van der Waals surface area contributed by atoms with E-state index in [-0.39, 0.29) is 35.9 Å². The largest absolute Gasteiger partial charge is 0.385 e. The molecule has 0 atom stereocenters. The zero-order valence-corrected chi connectivity index (χ0v) is 15.3. The van der Waals surface area contributed by atoms with Crippen molar-refractivity contribution in [2.24, 2.45) is 4.99 Å². The van der Waals surface area contributed by atoms with E-state index in [2.05, 4.69) is 20.9 Å². The van der Waals surface area contributed by atoms with E-state index in [1.165, 1.54) is 0 Å². The van der Waals surface area contributed by atoms with Gasteiger partial charge in [0.25, 0.3) is 0 Å². The van der Waals surface area contributed by atoms with E-state index in [9.17, 15) is 4.79 Å². The van der Waals surface area contributed by atoms with Crippen LogP contribution in [0.5, 0.6) is 0 Å². The molecule has 0 aromatic rings. The second kappa shape index (κ2) is 14.8. The van der Waals surface area contributed by atoms with Gasteiger partial charge in [-0.05, 0) is 27.2 Å². The molecule has 120 valence electrons. The van der Waals surface area contributed by atoms with Crippen molar-refractivity contribution in [2.75, 3.05) is 33.4 Å². The Labute approximate surface area is 139 Å². The van der Waals surface area contributed by atoms with Crippen molar-refractivity contribution in [1.29, 1.82) is 0 Å². The van der Waals surface area contributed by atoms with E-state index in [0.29, 0.717) is 26.1 Å². The Morgan fingerprint density at radius 1 is 1.30 bits per heavy atom. The van der Waals surface area contributed by atoms with Crippen molar-refractivity contribution in [1.82, 2.24) is 16.0 Å². The third-order valence-electron chi connectivity index (χ3n) is 2.21. The van der Waals surface area contributed by atoms with E-state index in [1.54, 1.807) is 7.11 Å². The van der Waals surface area contributed by atoms with Crippen molar-refractivity contribution >= 4 is 35.8 Å². The molecule has 6 nitrogen and oxygen atoms in total. The van der Waals surface area contributed by atoms with Crippen LogP contribution in [-0.2, 0) is 9.53 Å². The Morgan fingerprint density at radius 3 is 2.55 bits per heavy atom. The molecule has 0 fully saturated rings. The molecule has 0 bridgehead atoms. The first-order valence-electron chi connectivity index (χ1n) is 6.90. The van der Waals surface area contributed by atoms with Crippen LogP contribution < -0.4 is 16.0 Å². The number of methoxy groups -OCH3 is 1. The lowest BCUT2D eigenvalue weighted by atomic mass is 10.3. The third-order valence-corrected chi connectivity index (χ3v) is 2.21. The van der Waals surface area contributed by atoms with Crippen LogP contribution in [0.2, 0.25) is 0 Å². The Hall–Kier alpha value is -0.570. The number of carbonyl (C=O) groups is 1. The molecule has 0 aromatic heterocycles. The smallest absolute Gasteiger partial charge is 0.221 e. The fourth-order valence-corrected chi connectivity index (χ4v) is 1.43. The highest BCUT2D eigenvalue weighted by Gasteiger charge is 2.03. The maximum atomic E-state index is 11.5. The number of carbonyl (C=O) groups excluding carboxylic acids is 1. The molecule has 0 saturated heterocycles. The van der Waals surface area contributed by atoms with Crippen LogP contribution in [0.3, 0.4) is 0 Å². The predicted molar refractivity (Wildman–Crippen MR) is 93.8 cm³/mol. The van der Waals surface area contributed by atoms with Crippen molar-refractivity contribution in [3.05, 3.63) is 0 Å². The molecule has 20 heavy (non-hydrogen) atoms. The number of amides is 1. The molecular weight excluding hydrogens is 371 g/mol. The van der Waals surface area contributed by atoms with Gasteiger partial charge in [-0.3, -0.25) is 9.79 Å². The van der Waals surface area contributed by atoms with Crippen molar-refractivity contribution < 1.29 is 9.53 Å². The minimum atomic E-state index is 0. The van der Waals surface area contributed by atoms with Crippen LogP contribution in [0.15, 0.2) is 4.99 Å². The zero-order valence-electron chi connectivity index (χ0n) is 13.0. The normalized spacial score (nSPS) is 10.9. The monoisotopic (exact) mass is 400 g/mol. The van der Waals surface area contributed by atoms with E-state index < -0.39 is 0 Å². The number of guanidine groups is 1. The number of hydrogen-bond donors (Lipinski definition) is 3. The summed E-state index contributed by atoms with van der Waals surface area (Å²) < 4.78 is 4.97. The summed E-state index contributed by atoms with van der Waals surface area (Å²) >= 11 is 0. The van der Waals surface area contributed by atoms with Crippen LogP contribution in [0.25, 0.3) is 0 Å². The molecule has 0 aromatic carbocycles. The standard InChI is InChI=1S/C13H28N4O2.HI/c1-5-14-13(15-8-6-10-19-4)16-9-7-12(18)17-11(2)3;/h11H,5-10H2,1-4H3,(H,17,18)(H2,14,15,16);1H. The van der Waals surface area contributed by atoms with E-state index >= 15 is 0 Å². The minimum absolute atomic E-state index is 0. The number of rotatable bonds is 9. The summed E-state index contributed by atoms with van der Waals surface area (Å²) in [6.45, 7) is 8.71. The lowest BCUT2D eigenvalue weighted by Gasteiger charge is -2.12. The van der Waals surface area contributed by atoms with Gasteiger partial charge in [-0.1, -0.05) is 0 Å². The van der Waals surface area contributed by atoms with Gasteiger partial charge in [-0.2, -0.15) is 0 Å². The Bertz CT molecular complexity index is 273. The summed E-state index contributed by atoms with van der Waals surface area (Å²) in [7, 11) is 1.68. The quantitative estimate of drug-likeness (QED) is 0.235. The summed E-state index contributed by atoms with van der Waals surface area (Å²) in [5, 5.41) is 9.13. The van der Waals surface area contributed by atoms with Crippen LogP contribution >= 0.6 is 24.0 Å². The highest BCUT2D eigenvalue weighted by atomic mass is 127. The fourth-order valence-electron chi connectivity index (χ4n) is 1.43. The second-order valence-electron chi connectivity index (χ2n) is 4.51. The van der Waals surface area contributed by atoms with Gasteiger partial charge in [0.05, 0.1) is 0 Å². The molecule has 0 radical (unpaired) electrons. The number of nitrogens with zero attached hydrogens (tertiary/aromatic N) is 1. The third kappa shape index (κ3) is 13.9. The van der Waals surface area contributed by atoms with Gasteiger partial charge >= 0.3 is 0 Å². The molecule has 3 N–H and O–H groups in total. The molecule has 0 aliphatic heterocycles.